The second kappa shape index (κ2) is 4.82. The molecule has 0 bridgehead atoms. The molecule has 0 unspecified atom stereocenters. The minimum atomic E-state index is 0.560. The molecule has 19 heavy (non-hydrogen) atoms. The number of fused-ring (bicyclic) bond motifs is 1. The van der Waals surface area contributed by atoms with Gasteiger partial charge >= 0.3 is 0 Å². The van der Waals surface area contributed by atoms with E-state index in [4.69, 9.17) is 5.73 Å². The first kappa shape index (κ1) is 11.9. The van der Waals surface area contributed by atoms with Crippen LogP contribution in [0.4, 0.5) is 0 Å². The van der Waals surface area contributed by atoms with Crippen LogP contribution >= 0.6 is 0 Å². The fourth-order valence-electron chi connectivity index (χ4n) is 2.21. The molecule has 2 N–H and O–H groups in total. The Labute approximate surface area is 112 Å². The Hall–Kier alpha value is -2.19. The molecule has 2 nitrogen and oxygen atoms in total. The van der Waals surface area contributed by atoms with Crippen molar-refractivity contribution in [2.24, 2.45) is 5.73 Å². The predicted octanol–water partition coefficient (Wildman–Crippen LogP) is 3.67. The number of nitrogens with zero attached hydrogens (tertiary/aromatic N) is 1. The Morgan fingerprint density at radius 1 is 0.947 bits per heavy atom. The second-order valence-electron chi connectivity index (χ2n) is 4.82. The van der Waals surface area contributed by atoms with E-state index in [1.54, 1.807) is 0 Å². The van der Waals surface area contributed by atoms with E-state index in [1.165, 1.54) is 11.1 Å². The number of pyridine rings is 1. The van der Waals surface area contributed by atoms with E-state index < -0.39 is 0 Å². The fraction of sp³-hybridized carbons (Fsp3) is 0.118. The molecule has 0 fully saturated rings. The Kier molecular flexibility index (Phi) is 3.02. The molecular formula is C17H16N2. The van der Waals surface area contributed by atoms with E-state index >= 15 is 0 Å². The summed E-state index contributed by atoms with van der Waals surface area (Å²) in [6.45, 7) is 2.65. The van der Waals surface area contributed by atoms with Crippen molar-refractivity contribution in [2.45, 2.75) is 13.5 Å². The van der Waals surface area contributed by atoms with Gasteiger partial charge < -0.3 is 5.73 Å². The largest absolute Gasteiger partial charge is 0.326 e. The summed E-state index contributed by atoms with van der Waals surface area (Å²) < 4.78 is 0. The lowest BCUT2D eigenvalue weighted by Crippen LogP contribution is -1.95. The number of nitrogens with two attached hydrogens (primary N) is 1. The molecule has 0 atom stereocenters. The van der Waals surface area contributed by atoms with E-state index in [2.05, 4.69) is 48.3 Å². The van der Waals surface area contributed by atoms with Crippen molar-refractivity contribution in [2.75, 3.05) is 0 Å². The number of hydrogen-bond acceptors (Lipinski definition) is 2. The van der Waals surface area contributed by atoms with Crippen LogP contribution in [0.25, 0.3) is 22.0 Å². The molecule has 2 heteroatoms. The topological polar surface area (TPSA) is 38.9 Å². The van der Waals surface area contributed by atoms with Gasteiger partial charge in [0, 0.05) is 23.7 Å². The van der Waals surface area contributed by atoms with Gasteiger partial charge in [0.25, 0.3) is 0 Å². The Balaban J connectivity index is 2.12. The van der Waals surface area contributed by atoms with Crippen molar-refractivity contribution in [3.63, 3.8) is 0 Å². The summed E-state index contributed by atoms with van der Waals surface area (Å²) in [6, 6.07) is 16.8. The molecule has 1 heterocycles. The third kappa shape index (κ3) is 2.35. The van der Waals surface area contributed by atoms with Crippen molar-refractivity contribution in [3.8, 4) is 11.1 Å². The SMILES string of the molecule is Cc1ccc(-c2cnc3ccc(CN)cc3c2)cc1. The standard InChI is InChI=1S/C17H16N2/c1-12-2-5-14(6-3-12)16-9-15-8-13(10-18)4-7-17(15)19-11-16/h2-9,11H,10,18H2,1H3. The first-order valence-electron chi connectivity index (χ1n) is 6.42. The number of rotatable bonds is 2. The average molecular weight is 248 g/mol. The highest BCUT2D eigenvalue weighted by Crippen LogP contribution is 2.23. The summed E-state index contributed by atoms with van der Waals surface area (Å²) in [7, 11) is 0. The molecule has 0 aliphatic rings. The van der Waals surface area contributed by atoms with Gasteiger partial charge in [-0.1, -0.05) is 35.9 Å². The number of hydrogen-bond donors (Lipinski definition) is 1. The van der Waals surface area contributed by atoms with E-state index in [9.17, 15) is 0 Å². The van der Waals surface area contributed by atoms with Crippen LogP contribution in [-0.4, -0.2) is 4.98 Å². The predicted molar refractivity (Wildman–Crippen MR) is 79.8 cm³/mol. The van der Waals surface area contributed by atoms with Gasteiger partial charge in [0.2, 0.25) is 0 Å². The van der Waals surface area contributed by atoms with Crippen molar-refractivity contribution in [1.82, 2.24) is 4.98 Å². The van der Waals surface area contributed by atoms with Gasteiger partial charge in [-0.15, -0.1) is 0 Å². The van der Waals surface area contributed by atoms with Crippen LogP contribution in [0.15, 0.2) is 54.7 Å². The minimum absolute atomic E-state index is 0.560. The van der Waals surface area contributed by atoms with Crippen LogP contribution in [0, 0.1) is 6.92 Å². The van der Waals surface area contributed by atoms with Crippen LogP contribution < -0.4 is 5.73 Å². The van der Waals surface area contributed by atoms with Gasteiger partial charge in [0.05, 0.1) is 5.52 Å². The molecule has 0 spiro atoms. The van der Waals surface area contributed by atoms with Crippen LogP contribution in [0.5, 0.6) is 0 Å². The van der Waals surface area contributed by atoms with E-state index in [-0.39, 0.29) is 0 Å². The van der Waals surface area contributed by atoms with Gasteiger partial charge in [-0.2, -0.15) is 0 Å². The van der Waals surface area contributed by atoms with E-state index in [0.29, 0.717) is 6.54 Å². The zero-order chi connectivity index (χ0) is 13.2. The maximum absolute atomic E-state index is 5.69. The average Bonchev–Trinajstić information content (AvgIpc) is 2.47. The Bertz CT molecular complexity index is 715. The molecule has 0 saturated heterocycles. The van der Waals surface area contributed by atoms with Gasteiger partial charge in [-0.05, 0) is 36.2 Å². The number of benzene rings is 2. The van der Waals surface area contributed by atoms with Gasteiger partial charge in [0.1, 0.15) is 0 Å². The zero-order valence-corrected chi connectivity index (χ0v) is 10.9. The highest BCUT2D eigenvalue weighted by atomic mass is 14.6. The molecule has 94 valence electrons. The molecule has 3 aromatic rings. The highest BCUT2D eigenvalue weighted by Gasteiger charge is 2.01. The van der Waals surface area contributed by atoms with Crippen molar-refractivity contribution >= 4 is 10.9 Å². The minimum Gasteiger partial charge on any atom is -0.326 e. The zero-order valence-electron chi connectivity index (χ0n) is 10.9. The summed E-state index contributed by atoms with van der Waals surface area (Å²) in [5.74, 6) is 0. The normalized spacial score (nSPS) is 10.8. The summed E-state index contributed by atoms with van der Waals surface area (Å²) in [6.07, 6.45) is 1.93. The highest BCUT2D eigenvalue weighted by molar-refractivity contribution is 5.84. The molecule has 0 aliphatic heterocycles. The molecule has 0 aliphatic carbocycles. The van der Waals surface area contributed by atoms with Crippen LogP contribution in [-0.2, 0) is 6.54 Å². The summed E-state index contributed by atoms with van der Waals surface area (Å²) >= 11 is 0. The van der Waals surface area contributed by atoms with Crippen molar-refractivity contribution in [3.05, 3.63) is 65.9 Å². The van der Waals surface area contributed by atoms with Crippen LogP contribution in [0.3, 0.4) is 0 Å². The quantitative estimate of drug-likeness (QED) is 0.751. The Morgan fingerprint density at radius 3 is 2.47 bits per heavy atom. The van der Waals surface area contributed by atoms with Gasteiger partial charge in [0.15, 0.2) is 0 Å². The molecule has 0 saturated carbocycles. The summed E-state index contributed by atoms with van der Waals surface area (Å²) in [4.78, 5) is 4.51. The molecular weight excluding hydrogens is 232 g/mol. The number of aryl methyl sites for hydroxylation is 1. The van der Waals surface area contributed by atoms with Gasteiger partial charge in [-0.3, -0.25) is 4.98 Å². The van der Waals surface area contributed by atoms with Crippen LogP contribution in [0.1, 0.15) is 11.1 Å². The second-order valence-corrected chi connectivity index (χ2v) is 4.82. The summed E-state index contributed by atoms with van der Waals surface area (Å²) in [5, 5.41) is 1.14. The van der Waals surface area contributed by atoms with E-state index in [0.717, 1.165) is 22.0 Å². The van der Waals surface area contributed by atoms with E-state index in [1.807, 2.05) is 18.3 Å². The number of aromatic nitrogens is 1. The monoisotopic (exact) mass is 248 g/mol. The van der Waals surface area contributed by atoms with Crippen LogP contribution in [0.2, 0.25) is 0 Å². The third-order valence-corrected chi connectivity index (χ3v) is 3.37. The lowest BCUT2D eigenvalue weighted by molar-refractivity contribution is 1.07. The first-order valence-corrected chi connectivity index (χ1v) is 6.42. The van der Waals surface area contributed by atoms with Gasteiger partial charge in [-0.25, -0.2) is 0 Å². The van der Waals surface area contributed by atoms with Crippen molar-refractivity contribution in [1.29, 1.82) is 0 Å². The molecule has 0 radical (unpaired) electrons. The maximum atomic E-state index is 5.69. The first-order chi connectivity index (χ1) is 9.26. The molecule has 3 rings (SSSR count). The lowest BCUT2D eigenvalue weighted by atomic mass is 10.0. The third-order valence-electron chi connectivity index (χ3n) is 3.37. The molecule has 1 aromatic heterocycles. The van der Waals surface area contributed by atoms with Crippen molar-refractivity contribution < 1.29 is 0 Å². The maximum Gasteiger partial charge on any atom is 0.0702 e. The molecule has 0 amide bonds. The summed E-state index contributed by atoms with van der Waals surface area (Å²) in [5.41, 5.74) is 11.4. The Morgan fingerprint density at radius 2 is 1.74 bits per heavy atom. The molecule has 2 aromatic carbocycles. The lowest BCUT2D eigenvalue weighted by Gasteiger charge is -2.05. The smallest absolute Gasteiger partial charge is 0.0702 e. The fourth-order valence-corrected chi connectivity index (χ4v) is 2.21.